The van der Waals surface area contributed by atoms with E-state index < -0.39 is 0 Å². The maximum atomic E-state index is 12.3. The van der Waals surface area contributed by atoms with Crippen molar-refractivity contribution >= 4 is 33.3 Å². The lowest BCUT2D eigenvalue weighted by molar-refractivity contribution is 0.262. The maximum absolute atomic E-state index is 12.3. The molecule has 2 atom stereocenters. The van der Waals surface area contributed by atoms with Crippen molar-refractivity contribution in [3.63, 3.8) is 0 Å². The first-order valence-corrected chi connectivity index (χ1v) is 9.53. The smallest absolute Gasteiger partial charge is 0.325 e. The van der Waals surface area contributed by atoms with Crippen LogP contribution in [-0.2, 0) is 0 Å². The van der Waals surface area contributed by atoms with Crippen LogP contribution in [0.4, 0.5) is 20.7 Å². The van der Waals surface area contributed by atoms with Gasteiger partial charge in [-0.1, -0.05) is 23.5 Å². The van der Waals surface area contributed by atoms with E-state index in [1.165, 1.54) is 30.6 Å². The monoisotopic (exact) mass is 359 g/mol. The molecule has 0 unspecified atom stereocenters. The maximum Gasteiger partial charge on any atom is 0.325 e. The molecule has 25 heavy (non-hydrogen) atoms. The van der Waals surface area contributed by atoms with E-state index in [1.54, 1.807) is 0 Å². The first-order chi connectivity index (χ1) is 12.0. The Balaban J connectivity index is 1.66. The van der Waals surface area contributed by atoms with Crippen LogP contribution in [0.2, 0.25) is 0 Å². The van der Waals surface area contributed by atoms with Crippen LogP contribution < -0.4 is 15.5 Å². The van der Waals surface area contributed by atoms with Crippen molar-refractivity contribution in [1.29, 1.82) is 0 Å². The summed E-state index contributed by atoms with van der Waals surface area (Å²) in [5.74, 6) is 0. The van der Waals surface area contributed by atoms with Crippen molar-refractivity contribution in [2.45, 2.75) is 59.0 Å². The molecule has 1 fully saturated rings. The molecule has 0 spiro atoms. The Hall–Kier alpha value is -2.15. The third-order valence-electron chi connectivity index (χ3n) is 4.90. The van der Waals surface area contributed by atoms with Crippen LogP contribution in [0.1, 0.15) is 44.2 Å². The topological polar surface area (TPSA) is 70.1 Å². The van der Waals surface area contributed by atoms with E-state index in [9.17, 15) is 4.79 Å². The average molecular weight is 359 g/mol. The predicted molar refractivity (Wildman–Crippen MR) is 104 cm³/mol. The largest absolute Gasteiger partial charge is 0.341 e. The lowest BCUT2D eigenvalue weighted by Crippen LogP contribution is -2.43. The number of nitrogens with zero attached hydrogens (tertiary/aromatic N) is 3. The highest BCUT2D eigenvalue weighted by Crippen LogP contribution is 2.32. The van der Waals surface area contributed by atoms with E-state index in [0.29, 0.717) is 17.2 Å². The molecule has 134 valence electrons. The summed E-state index contributed by atoms with van der Waals surface area (Å²) >= 11 is 1.42. The lowest BCUT2D eigenvalue weighted by Gasteiger charge is -2.38. The number of carbonyl (C=O) groups is 1. The first-order valence-electron chi connectivity index (χ1n) is 8.71. The number of amides is 2. The second-order valence-electron chi connectivity index (χ2n) is 6.75. The zero-order valence-corrected chi connectivity index (χ0v) is 16.0. The van der Waals surface area contributed by atoms with Crippen LogP contribution in [0.25, 0.3) is 0 Å². The minimum atomic E-state index is -0.295. The summed E-state index contributed by atoms with van der Waals surface area (Å²) in [7, 11) is 0. The van der Waals surface area contributed by atoms with E-state index >= 15 is 0 Å². The van der Waals surface area contributed by atoms with Gasteiger partial charge in [-0.2, -0.15) is 0 Å². The Bertz CT molecular complexity index is 750. The quantitative estimate of drug-likeness (QED) is 0.842. The molecule has 1 saturated heterocycles. The Morgan fingerprint density at radius 1 is 1.16 bits per heavy atom. The minimum Gasteiger partial charge on any atom is -0.341 e. The van der Waals surface area contributed by atoms with Crippen LogP contribution in [0.3, 0.4) is 0 Å². The number of carbonyl (C=O) groups excluding carboxylic acids is 1. The van der Waals surface area contributed by atoms with Gasteiger partial charge in [-0.05, 0) is 64.2 Å². The number of rotatable bonds is 3. The fraction of sp³-hybridized carbons (Fsp3) is 0.500. The van der Waals surface area contributed by atoms with Gasteiger partial charge in [0.25, 0.3) is 0 Å². The molecule has 1 aliphatic heterocycles. The van der Waals surface area contributed by atoms with Crippen LogP contribution in [0.5, 0.6) is 0 Å². The summed E-state index contributed by atoms with van der Waals surface area (Å²) in [6.07, 6.45) is 3.58. The molecule has 6 nitrogen and oxygen atoms in total. The van der Waals surface area contributed by atoms with Gasteiger partial charge in [0.05, 0.1) is 0 Å². The molecule has 0 saturated carbocycles. The summed E-state index contributed by atoms with van der Waals surface area (Å²) < 4.78 is 0. The molecular weight excluding hydrogens is 334 g/mol. The third-order valence-corrected chi connectivity index (χ3v) is 5.75. The molecule has 0 bridgehead atoms. The summed E-state index contributed by atoms with van der Waals surface area (Å²) in [6, 6.07) is 6.46. The SMILES string of the molecule is Cc1cccc(NC(=O)Nc2nnc(N3[C@@H](C)CCC[C@@H]3C)s2)c1C. The number of urea groups is 1. The Labute approximate surface area is 152 Å². The van der Waals surface area contributed by atoms with Gasteiger partial charge >= 0.3 is 6.03 Å². The highest BCUT2D eigenvalue weighted by molar-refractivity contribution is 7.19. The third kappa shape index (κ3) is 3.92. The molecule has 7 heteroatoms. The van der Waals surface area contributed by atoms with Crippen molar-refractivity contribution in [3.8, 4) is 0 Å². The molecule has 1 aromatic heterocycles. The van der Waals surface area contributed by atoms with Crippen molar-refractivity contribution in [1.82, 2.24) is 10.2 Å². The molecule has 0 aliphatic carbocycles. The molecule has 1 aromatic carbocycles. The standard InChI is InChI=1S/C18H25N5OS/c1-11-7-5-10-15(14(11)4)19-16(24)20-17-21-22-18(25-17)23-12(2)8-6-9-13(23)3/h5,7,10,12-13H,6,8-9H2,1-4H3,(H2,19,20,21,24)/t12-,13-/m0/s1. The Morgan fingerprint density at radius 3 is 2.60 bits per heavy atom. The number of hydrogen-bond acceptors (Lipinski definition) is 5. The van der Waals surface area contributed by atoms with Crippen molar-refractivity contribution in [3.05, 3.63) is 29.3 Å². The van der Waals surface area contributed by atoms with Crippen molar-refractivity contribution in [2.75, 3.05) is 15.5 Å². The highest BCUT2D eigenvalue weighted by Gasteiger charge is 2.27. The molecule has 0 radical (unpaired) electrons. The number of hydrogen-bond donors (Lipinski definition) is 2. The molecule has 1 aliphatic rings. The van der Waals surface area contributed by atoms with Crippen LogP contribution in [-0.4, -0.2) is 28.3 Å². The Morgan fingerprint density at radius 2 is 1.88 bits per heavy atom. The van der Waals surface area contributed by atoms with Gasteiger partial charge in [0.15, 0.2) is 0 Å². The van der Waals surface area contributed by atoms with E-state index in [4.69, 9.17) is 0 Å². The number of benzene rings is 1. The summed E-state index contributed by atoms with van der Waals surface area (Å²) in [5, 5.41) is 15.5. The normalized spacial score (nSPS) is 20.4. The lowest BCUT2D eigenvalue weighted by atomic mass is 9.98. The molecule has 2 heterocycles. The number of nitrogens with one attached hydrogen (secondary N) is 2. The average Bonchev–Trinajstić information content (AvgIpc) is 2.99. The van der Waals surface area contributed by atoms with Crippen LogP contribution in [0, 0.1) is 13.8 Å². The van der Waals surface area contributed by atoms with Gasteiger partial charge < -0.3 is 10.2 Å². The number of aryl methyl sites for hydroxylation is 1. The van der Waals surface area contributed by atoms with E-state index in [-0.39, 0.29) is 6.03 Å². The molecule has 2 amide bonds. The zero-order valence-electron chi connectivity index (χ0n) is 15.2. The van der Waals surface area contributed by atoms with Gasteiger partial charge in [0, 0.05) is 17.8 Å². The van der Waals surface area contributed by atoms with E-state index in [2.05, 4.69) is 39.6 Å². The van der Waals surface area contributed by atoms with Crippen molar-refractivity contribution in [2.24, 2.45) is 0 Å². The highest BCUT2D eigenvalue weighted by atomic mass is 32.1. The molecule has 3 rings (SSSR count). The summed E-state index contributed by atoms with van der Waals surface area (Å²) in [6.45, 7) is 8.46. The fourth-order valence-corrected chi connectivity index (χ4v) is 4.25. The zero-order chi connectivity index (χ0) is 18.0. The van der Waals surface area contributed by atoms with E-state index in [1.807, 2.05) is 32.0 Å². The second kappa shape index (κ2) is 7.39. The molecule has 2 aromatic rings. The van der Waals surface area contributed by atoms with Crippen molar-refractivity contribution < 1.29 is 4.79 Å². The second-order valence-corrected chi connectivity index (χ2v) is 7.71. The minimum absolute atomic E-state index is 0.295. The number of anilines is 3. The first kappa shape index (κ1) is 17.7. The van der Waals surface area contributed by atoms with Gasteiger partial charge in [-0.25, -0.2) is 4.79 Å². The van der Waals surface area contributed by atoms with E-state index in [0.717, 1.165) is 21.9 Å². The van der Waals surface area contributed by atoms with Gasteiger partial charge in [0.1, 0.15) is 0 Å². The summed E-state index contributed by atoms with van der Waals surface area (Å²) in [5.41, 5.74) is 3.01. The Kier molecular flexibility index (Phi) is 5.22. The molecular formula is C18H25N5OS. The van der Waals surface area contributed by atoms with Gasteiger partial charge in [-0.15, -0.1) is 10.2 Å². The fourth-order valence-electron chi connectivity index (χ4n) is 3.31. The van der Waals surface area contributed by atoms with Gasteiger partial charge in [-0.3, -0.25) is 5.32 Å². The number of aromatic nitrogens is 2. The predicted octanol–water partition coefficient (Wildman–Crippen LogP) is 4.57. The van der Waals surface area contributed by atoms with Crippen LogP contribution in [0.15, 0.2) is 18.2 Å². The van der Waals surface area contributed by atoms with Gasteiger partial charge in [0.2, 0.25) is 10.3 Å². The molecule has 2 N–H and O–H groups in total. The van der Waals surface area contributed by atoms with Crippen LogP contribution >= 0.6 is 11.3 Å². The number of piperidine rings is 1. The summed E-state index contributed by atoms with van der Waals surface area (Å²) in [4.78, 5) is 14.6.